The first-order valence-corrected chi connectivity index (χ1v) is 9.42. The third kappa shape index (κ3) is 3.72. The molecule has 1 aliphatic carbocycles. The molecule has 1 aromatic carbocycles. The lowest BCUT2D eigenvalue weighted by Crippen LogP contribution is -2.44. The molecular formula is C21H30N2O. The lowest BCUT2D eigenvalue weighted by Gasteiger charge is -2.37. The van der Waals surface area contributed by atoms with Gasteiger partial charge in [0.05, 0.1) is 0 Å². The highest BCUT2D eigenvalue weighted by atomic mass is 16.2. The molecule has 3 heteroatoms. The van der Waals surface area contributed by atoms with Gasteiger partial charge in [-0.15, -0.1) is 6.58 Å². The van der Waals surface area contributed by atoms with Crippen LogP contribution >= 0.6 is 0 Å². The maximum Gasteiger partial charge on any atom is 0.222 e. The van der Waals surface area contributed by atoms with Gasteiger partial charge in [-0.25, -0.2) is 0 Å². The zero-order valence-electron chi connectivity index (χ0n) is 14.7. The van der Waals surface area contributed by atoms with Gasteiger partial charge in [0, 0.05) is 31.0 Å². The van der Waals surface area contributed by atoms with Crippen molar-refractivity contribution in [3.8, 4) is 0 Å². The molecule has 3 rings (SSSR count). The van der Waals surface area contributed by atoms with E-state index in [1.165, 1.54) is 31.2 Å². The summed E-state index contributed by atoms with van der Waals surface area (Å²) in [6.07, 6.45) is 9.65. The number of carbonyl (C=O) groups is 1. The van der Waals surface area contributed by atoms with Gasteiger partial charge in [-0.3, -0.25) is 4.79 Å². The highest BCUT2D eigenvalue weighted by Gasteiger charge is 2.41. The summed E-state index contributed by atoms with van der Waals surface area (Å²) in [5.41, 5.74) is 1.60. The van der Waals surface area contributed by atoms with Gasteiger partial charge in [-0.2, -0.15) is 0 Å². The predicted molar refractivity (Wildman–Crippen MR) is 99.0 cm³/mol. The average Bonchev–Trinajstić information content (AvgIpc) is 3.22. The zero-order chi connectivity index (χ0) is 16.8. The Kier molecular flexibility index (Phi) is 5.72. The molecule has 0 unspecified atom stereocenters. The number of carbonyl (C=O) groups excluding carboxylic acids is 1. The molecule has 1 atom stereocenters. The monoisotopic (exact) mass is 326 g/mol. The summed E-state index contributed by atoms with van der Waals surface area (Å²) >= 11 is 0. The van der Waals surface area contributed by atoms with Gasteiger partial charge in [0.1, 0.15) is 0 Å². The van der Waals surface area contributed by atoms with E-state index in [1.54, 1.807) is 0 Å². The van der Waals surface area contributed by atoms with Crippen molar-refractivity contribution in [3.63, 3.8) is 0 Å². The molecule has 130 valence electrons. The number of benzene rings is 1. The van der Waals surface area contributed by atoms with Crippen LogP contribution in [0.15, 0.2) is 43.0 Å². The van der Waals surface area contributed by atoms with Crippen LogP contribution in [0.25, 0.3) is 0 Å². The molecule has 1 saturated carbocycles. The van der Waals surface area contributed by atoms with Gasteiger partial charge in [-0.1, -0.05) is 49.2 Å². The number of rotatable bonds is 8. The molecule has 2 aliphatic rings. The average molecular weight is 326 g/mol. The first kappa shape index (κ1) is 17.2. The largest absolute Gasteiger partial charge is 0.339 e. The van der Waals surface area contributed by atoms with E-state index >= 15 is 0 Å². The molecule has 0 spiro atoms. The van der Waals surface area contributed by atoms with Crippen LogP contribution in [-0.2, 0) is 10.2 Å². The normalized spacial score (nSPS) is 22.9. The van der Waals surface area contributed by atoms with E-state index in [2.05, 4.69) is 47.1 Å². The number of hydrogen-bond acceptors (Lipinski definition) is 2. The molecule has 0 radical (unpaired) electrons. The van der Waals surface area contributed by atoms with Crippen molar-refractivity contribution in [1.29, 1.82) is 0 Å². The minimum Gasteiger partial charge on any atom is -0.339 e. The third-order valence-electron chi connectivity index (χ3n) is 5.82. The quantitative estimate of drug-likeness (QED) is 0.584. The molecule has 2 fully saturated rings. The van der Waals surface area contributed by atoms with E-state index in [9.17, 15) is 4.79 Å². The minimum absolute atomic E-state index is 0.175. The fourth-order valence-corrected chi connectivity index (χ4v) is 4.49. The second-order valence-electron chi connectivity index (χ2n) is 7.35. The maximum absolute atomic E-state index is 12.5. The van der Waals surface area contributed by atoms with Gasteiger partial charge in [-0.05, 0) is 37.8 Å². The van der Waals surface area contributed by atoms with Crippen molar-refractivity contribution in [1.82, 2.24) is 10.2 Å². The van der Waals surface area contributed by atoms with Crippen molar-refractivity contribution in [3.05, 3.63) is 48.6 Å². The van der Waals surface area contributed by atoms with E-state index in [0.29, 0.717) is 11.9 Å². The maximum atomic E-state index is 12.5. The molecule has 0 aromatic heterocycles. The van der Waals surface area contributed by atoms with Gasteiger partial charge in [0.2, 0.25) is 5.91 Å². The molecule has 24 heavy (non-hydrogen) atoms. The second-order valence-corrected chi connectivity index (χ2v) is 7.35. The van der Waals surface area contributed by atoms with Crippen LogP contribution in [0.1, 0.15) is 50.5 Å². The molecule has 1 N–H and O–H groups in total. The Morgan fingerprint density at radius 1 is 1.25 bits per heavy atom. The first-order chi connectivity index (χ1) is 11.7. The van der Waals surface area contributed by atoms with Crippen molar-refractivity contribution in [2.24, 2.45) is 0 Å². The van der Waals surface area contributed by atoms with Crippen LogP contribution in [0, 0.1) is 0 Å². The van der Waals surface area contributed by atoms with Gasteiger partial charge >= 0.3 is 0 Å². The van der Waals surface area contributed by atoms with E-state index in [0.717, 1.165) is 38.9 Å². The second kappa shape index (κ2) is 7.98. The Labute approximate surface area is 146 Å². The van der Waals surface area contributed by atoms with Gasteiger partial charge < -0.3 is 10.2 Å². The Bertz CT molecular complexity index is 548. The van der Waals surface area contributed by atoms with Crippen LogP contribution in [0.2, 0.25) is 0 Å². The smallest absolute Gasteiger partial charge is 0.222 e. The van der Waals surface area contributed by atoms with E-state index in [4.69, 9.17) is 0 Å². The van der Waals surface area contributed by atoms with Crippen molar-refractivity contribution in [2.75, 3.05) is 19.6 Å². The summed E-state index contributed by atoms with van der Waals surface area (Å²) in [6.45, 7) is 6.44. The lowest BCUT2D eigenvalue weighted by atomic mass is 9.78. The standard InChI is InChI=1S/C21H30N2O/c1-2-15-22-16-12-19-10-11-20(24)23(19)17-21(13-6-7-14-21)18-8-4-3-5-9-18/h2-5,8-9,19,22H,1,6-7,10-17H2/t19-/m0/s1. The molecule has 0 bridgehead atoms. The molecule has 1 amide bonds. The fraction of sp³-hybridized carbons (Fsp3) is 0.571. The van der Waals surface area contributed by atoms with Crippen molar-refractivity contribution >= 4 is 5.91 Å². The number of amides is 1. The zero-order valence-corrected chi connectivity index (χ0v) is 14.7. The van der Waals surface area contributed by atoms with E-state index in [1.807, 2.05) is 6.08 Å². The Morgan fingerprint density at radius 3 is 2.71 bits per heavy atom. The summed E-state index contributed by atoms with van der Waals surface area (Å²) in [5, 5.41) is 3.38. The van der Waals surface area contributed by atoms with Gasteiger partial charge in [0.15, 0.2) is 0 Å². The molecule has 1 aliphatic heterocycles. The summed E-state index contributed by atoms with van der Waals surface area (Å²) in [6, 6.07) is 11.3. The lowest BCUT2D eigenvalue weighted by molar-refractivity contribution is -0.129. The van der Waals surface area contributed by atoms with Crippen LogP contribution < -0.4 is 5.32 Å². The summed E-state index contributed by atoms with van der Waals surface area (Å²) in [5.74, 6) is 0.353. The third-order valence-corrected chi connectivity index (χ3v) is 5.82. The Hall–Kier alpha value is -1.61. The highest BCUT2D eigenvalue weighted by molar-refractivity contribution is 5.79. The van der Waals surface area contributed by atoms with E-state index < -0.39 is 0 Å². The van der Waals surface area contributed by atoms with Crippen LogP contribution in [0.4, 0.5) is 0 Å². The topological polar surface area (TPSA) is 32.3 Å². The molecule has 1 aromatic rings. The van der Waals surface area contributed by atoms with Crippen molar-refractivity contribution in [2.45, 2.75) is 56.4 Å². The molecule has 1 heterocycles. The van der Waals surface area contributed by atoms with Crippen LogP contribution in [0.3, 0.4) is 0 Å². The number of likely N-dealkylation sites (tertiary alicyclic amines) is 1. The number of nitrogens with zero attached hydrogens (tertiary/aromatic N) is 1. The number of nitrogens with one attached hydrogen (secondary N) is 1. The minimum atomic E-state index is 0.175. The van der Waals surface area contributed by atoms with Crippen LogP contribution in [0.5, 0.6) is 0 Å². The van der Waals surface area contributed by atoms with Crippen molar-refractivity contribution < 1.29 is 4.79 Å². The Balaban J connectivity index is 1.70. The first-order valence-electron chi connectivity index (χ1n) is 9.42. The van der Waals surface area contributed by atoms with E-state index in [-0.39, 0.29) is 5.41 Å². The van der Waals surface area contributed by atoms with Gasteiger partial charge in [0.25, 0.3) is 0 Å². The predicted octanol–water partition coefficient (Wildman–Crippen LogP) is 3.66. The molecule has 1 saturated heterocycles. The summed E-state index contributed by atoms with van der Waals surface area (Å²) < 4.78 is 0. The molecular weight excluding hydrogens is 296 g/mol. The highest BCUT2D eigenvalue weighted by Crippen LogP contribution is 2.43. The summed E-state index contributed by atoms with van der Waals surface area (Å²) in [4.78, 5) is 14.7. The number of hydrogen-bond donors (Lipinski definition) is 1. The van der Waals surface area contributed by atoms with Crippen LogP contribution in [-0.4, -0.2) is 36.5 Å². The SMILES string of the molecule is C=CCNCC[C@@H]1CCC(=O)N1CC1(c2ccccc2)CCCC1. The fourth-order valence-electron chi connectivity index (χ4n) is 4.49. The summed E-state index contributed by atoms with van der Waals surface area (Å²) in [7, 11) is 0. The Morgan fingerprint density at radius 2 is 2.00 bits per heavy atom. The molecule has 3 nitrogen and oxygen atoms in total.